The number of halogens is 1. The number of amides is 1. The topological polar surface area (TPSA) is 66.3 Å². The van der Waals surface area contributed by atoms with Crippen LogP contribution in [0.2, 0.25) is 0 Å². The molecule has 2 unspecified atom stereocenters. The first-order chi connectivity index (χ1) is 10.2. The molecule has 2 atom stereocenters. The number of β-amino-alcohol motifs (C(OH)–C–C–N with tert-alkyl or cyclic N) is 1. The van der Waals surface area contributed by atoms with Gasteiger partial charge in [-0.25, -0.2) is 0 Å². The van der Waals surface area contributed by atoms with Gasteiger partial charge in [0, 0.05) is 36.6 Å². The van der Waals surface area contributed by atoms with Gasteiger partial charge in [-0.3, -0.25) is 4.79 Å². The first-order valence-corrected chi connectivity index (χ1v) is 7.96. The molecule has 1 amide bonds. The highest BCUT2D eigenvalue weighted by molar-refractivity contribution is 7.09. The van der Waals surface area contributed by atoms with E-state index < -0.39 is 0 Å². The predicted molar refractivity (Wildman–Crippen MR) is 89.8 cm³/mol. The third kappa shape index (κ3) is 3.89. The summed E-state index contributed by atoms with van der Waals surface area (Å²) in [7, 11) is 0. The maximum atomic E-state index is 12.3. The number of carbonyl (C=O) groups is 1. The molecule has 120 valence electrons. The minimum atomic E-state index is -0.372. The Balaban J connectivity index is 0.00000176. The van der Waals surface area contributed by atoms with Crippen LogP contribution in [-0.2, 0) is 6.54 Å². The fourth-order valence-electron chi connectivity index (χ4n) is 2.57. The molecule has 1 fully saturated rings. The normalized spacial score (nSPS) is 20.6. The van der Waals surface area contributed by atoms with E-state index in [4.69, 9.17) is 0 Å². The molecule has 7 heteroatoms. The van der Waals surface area contributed by atoms with Crippen molar-refractivity contribution in [3.8, 4) is 0 Å². The van der Waals surface area contributed by atoms with E-state index >= 15 is 0 Å². The van der Waals surface area contributed by atoms with Gasteiger partial charge in [0.2, 0.25) is 0 Å². The number of hydrogen-bond acceptors (Lipinski definition) is 4. The molecule has 3 N–H and O–H groups in total. The van der Waals surface area contributed by atoms with Gasteiger partial charge in [-0.15, -0.1) is 23.7 Å². The molecule has 0 aliphatic carbocycles. The Bertz CT molecular complexity index is 600. The largest absolute Gasteiger partial charge is 0.391 e. The summed E-state index contributed by atoms with van der Waals surface area (Å²) in [4.78, 5) is 13.5. The molecular weight excluding hydrogens is 322 g/mol. The molecule has 5 nitrogen and oxygen atoms in total. The quantitative estimate of drug-likeness (QED) is 0.768. The summed E-state index contributed by atoms with van der Waals surface area (Å²) in [5.74, 6) is 0.00492. The number of thiophene rings is 1. The van der Waals surface area contributed by atoms with E-state index in [1.54, 1.807) is 11.3 Å². The molecular formula is C15H20ClN3O2S. The minimum Gasteiger partial charge on any atom is -0.391 e. The maximum absolute atomic E-state index is 12.3. The average Bonchev–Trinajstić information content (AvgIpc) is 3.19. The first-order valence-electron chi connectivity index (χ1n) is 7.08. The number of aromatic nitrogens is 1. The number of nitrogens with one attached hydrogen (secondary N) is 2. The van der Waals surface area contributed by atoms with E-state index in [1.165, 1.54) is 4.88 Å². The van der Waals surface area contributed by atoms with Gasteiger partial charge in [0.25, 0.3) is 5.91 Å². The molecule has 0 saturated carbocycles. The van der Waals surface area contributed by atoms with Crippen LogP contribution in [0.5, 0.6) is 0 Å². The van der Waals surface area contributed by atoms with Crippen molar-refractivity contribution < 1.29 is 9.90 Å². The molecule has 22 heavy (non-hydrogen) atoms. The van der Waals surface area contributed by atoms with Gasteiger partial charge < -0.3 is 20.3 Å². The molecule has 0 radical (unpaired) electrons. The summed E-state index contributed by atoms with van der Waals surface area (Å²) in [6, 6.07) is 7.78. The number of carbonyl (C=O) groups excluding carboxylic acids is 1. The lowest BCUT2D eigenvalue weighted by Gasteiger charge is -2.15. The zero-order chi connectivity index (χ0) is 14.7. The van der Waals surface area contributed by atoms with Crippen LogP contribution in [0.15, 0.2) is 35.8 Å². The SMILES string of the molecule is Cl.O=C(NCC1CNCC1O)c1cccn1Cc1cccs1. The summed E-state index contributed by atoms with van der Waals surface area (Å²) < 4.78 is 1.95. The van der Waals surface area contributed by atoms with E-state index in [9.17, 15) is 9.90 Å². The third-order valence-electron chi connectivity index (χ3n) is 3.80. The van der Waals surface area contributed by atoms with Gasteiger partial charge in [0.15, 0.2) is 0 Å². The summed E-state index contributed by atoms with van der Waals surface area (Å²) in [5.41, 5.74) is 0.656. The average molecular weight is 342 g/mol. The minimum absolute atomic E-state index is 0. The smallest absolute Gasteiger partial charge is 0.267 e. The summed E-state index contributed by atoms with van der Waals surface area (Å²) in [5, 5.41) is 17.8. The van der Waals surface area contributed by atoms with E-state index in [2.05, 4.69) is 16.7 Å². The second kappa shape index (κ2) is 7.78. The van der Waals surface area contributed by atoms with Gasteiger partial charge in [-0.2, -0.15) is 0 Å². The van der Waals surface area contributed by atoms with Crippen LogP contribution in [0.3, 0.4) is 0 Å². The van der Waals surface area contributed by atoms with Crippen LogP contribution in [0.25, 0.3) is 0 Å². The van der Waals surface area contributed by atoms with Gasteiger partial charge in [-0.1, -0.05) is 6.07 Å². The molecule has 1 aliphatic heterocycles. The highest BCUT2D eigenvalue weighted by atomic mass is 35.5. The van der Waals surface area contributed by atoms with Crippen molar-refractivity contribution in [1.82, 2.24) is 15.2 Å². The Morgan fingerprint density at radius 1 is 1.41 bits per heavy atom. The molecule has 1 aliphatic rings. The van der Waals surface area contributed by atoms with Crippen molar-refractivity contribution in [1.29, 1.82) is 0 Å². The standard InChI is InChI=1S/C15H19N3O2S.ClH/c19-14-9-16-7-11(14)8-17-15(20)13-4-1-5-18(13)10-12-3-2-6-21-12;/h1-6,11,14,16,19H,7-10H2,(H,17,20);1H. The van der Waals surface area contributed by atoms with Crippen molar-refractivity contribution >= 4 is 29.7 Å². The summed E-state index contributed by atoms with van der Waals surface area (Å²) in [6.45, 7) is 2.56. The van der Waals surface area contributed by atoms with Crippen LogP contribution in [0.1, 0.15) is 15.4 Å². The predicted octanol–water partition coefficient (Wildman–Crippen LogP) is 1.33. The molecule has 0 spiro atoms. The fraction of sp³-hybridized carbons (Fsp3) is 0.400. The number of aliphatic hydroxyl groups is 1. The van der Waals surface area contributed by atoms with Crippen LogP contribution in [0.4, 0.5) is 0 Å². The molecule has 3 rings (SSSR count). The number of nitrogens with zero attached hydrogens (tertiary/aromatic N) is 1. The molecule has 0 aromatic carbocycles. The van der Waals surface area contributed by atoms with E-state index in [0.29, 0.717) is 25.3 Å². The van der Waals surface area contributed by atoms with E-state index in [0.717, 1.165) is 6.54 Å². The van der Waals surface area contributed by atoms with Gasteiger partial charge in [0.1, 0.15) is 5.69 Å². The summed E-state index contributed by atoms with van der Waals surface area (Å²) >= 11 is 1.68. The highest BCUT2D eigenvalue weighted by Crippen LogP contribution is 2.13. The highest BCUT2D eigenvalue weighted by Gasteiger charge is 2.25. The number of hydrogen-bond donors (Lipinski definition) is 3. The maximum Gasteiger partial charge on any atom is 0.267 e. The Morgan fingerprint density at radius 3 is 2.95 bits per heavy atom. The van der Waals surface area contributed by atoms with Gasteiger partial charge >= 0.3 is 0 Å². The third-order valence-corrected chi connectivity index (χ3v) is 4.66. The molecule has 2 aromatic rings. The lowest BCUT2D eigenvalue weighted by atomic mass is 10.1. The van der Waals surface area contributed by atoms with Crippen molar-refractivity contribution in [3.05, 3.63) is 46.4 Å². The van der Waals surface area contributed by atoms with E-state index in [1.807, 2.05) is 34.3 Å². The van der Waals surface area contributed by atoms with Gasteiger partial charge in [-0.05, 0) is 23.6 Å². The Morgan fingerprint density at radius 2 is 2.27 bits per heavy atom. The second-order valence-corrected chi connectivity index (χ2v) is 6.33. The Labute approximate surface area is 139 Å². The molecule has 0 bridgehead atoms. The number of aliphatic hydroxyl groups excluding tert-OH is 1. The molecule has 2 aromatic heterocycles. The van der Waals surface area contributed by atoms with Crippen LogP contribution >= 0.6 is 23.7 Å². The zero-order valence-electron chi connectivity index (χ0n) is 12.1. The Kier molecular flexibility index (Phi) is 6.02. The van der Waals surface area contributed by atoms with Crippen LogP contribution < -0.4 is 10.6 Å². The molecule has 1 saturated heterocycles. The van der Waals surface area contributed by atoms with Crippen LogP contribution in [-0.4, -0.2) is 41.3 Å². The van der Waals surface area contributed by atoms with Gasteiger partial charge in [0.05, 0.1) is 12.6 Å². The lowest BCUT2D eigenvalue weighted by Crippen LogP contribution is -2.35. The molecule has 3 heterocycles. The van der Waals surface area contributed by atoms with Crippen LogP contribution in [0, 0.1) is 5.92 Å². The van der Waals surface area contributed by atoms with Crippen molar-refractivity contribution in [2.45, 2.75) is 12.6 Å². The second-order valence-electron chi connectivity index (χ2n) is 5.30. The zero-order valence-corrected chi connectivity index (χ0v) is 13.7. The monoisotopic (exact) mass is 341 g/mol. The first kappa shape index (κ1) is 17.0. The lowest BCUT2D eigenvalue weighted by molar-refractivity contribution is 0.0918. The summed E-state index contributed by atoms with van der Waals surface area (Å²) in [6.07, 6.45) is 1.55. The van der Waals surface area contributed by atoms with Crippen molar-refractivity contribution in [2.24, 2.45) is 5.92 Å². The van der Waals surface area contributed by atoms with Crippen molar-refractivity contribution in [2.75, 3.05) is 19.6 Å². The van der Waals surface area contributed by atoms with E-state index in [-0.39, 0.29) is 30.3 Å². The van der Waals surface area contributed by atoms with Crippen molar-refractivity contribution in [3.63, 3.8) is 0 Å². The Hall–Kier alpha value is -1.34. The number of rotatable bonds is 5. The fourth-order valence-corrected chi connectivity index (χ4v) is 3.27.